The van der Waals surface area contributed by atoms with Crippen LogP contribution < -0.4 is 5.32 Å². The molecule has 0 fully saturated rings. The van der Waals surface area contributed by atoms with Crippen LogP contribution in [0.25, 0.3) is 0 Å². The molecule has 1 unspecified atom stereocenters. The van der Waals surface area contributed by atoms with Crippen LogP contribution in [0.1, 0.15) is 37.8 Å². The molecule has 0 spiro atoms. The summed E-state index contributed by atoms with van der Waals surface area (Å²) in [5, 5.41) is 3.32. The van der Waals surface area contributed by atoms with Gasteiger partial charge in [0.1, 0.15) is 5.82 Å². The van der Waals surface area contributed by atoms with E-state index in [2.05, 4.69) is 11.9 Å². The minimum atomic E-state index is -0.118. The van der Waals surface area contributed by atoms with Crippen LogP contribution in [-0.2, 0) is 0 Å². The van der Waals surface area contributed by atoms with Gasteiger partial charge < -0.3 is 5.32 Å². The van der Waals surface area contributed by atoms with E-state index in [4.69, 9.17) is 0 Å². The van der Waals surface area contributed by atoms with Crippen molar-refractivity contribution in [2.45, 2.75) is 32.2 Å². The molecule has 0 heterocycles. The molecule has 2 heteroatoms. The lowest BCUT2D eigenvalue weighted by Gasteiger charge is -2.18. The molecular formula is C14H20FN. The van der Waals surface area contributed by atoms with E-state index in [-0.39, 0.29) is 11.9 Å². The van der Waals surface area contributed by atoms with Crippen LogP contribution in [0.15, 0.2) is 36.9 Å². The lowest BCUT2D eigenvalue weighted by molar-refractivity contribution is 0.474. The maximum absolute atomic E-state index is 13.6. The summed E-state index contributed by atoms with van der Waals surface area (Å²) in [6, 6.07) is 7.11. The summed E-state index contributed by atoms with van der Waals surface area (Å²) in [5.41, 5.74) is 0.772. The quantitative estimate of drug-likeness (QED) is 0.545. The van der Waals surface area contributed by atoms with Crippen molar-refractivity contribution in [3.8, 4) is 0 Å². The second-order valence-electron chi connectivity index (χ2n) is 3.85. The van der Waals surface area contributed by atoms with Crippen molar-refractivity contribution in [3.63, 3.8) is 0 Å². The summed E-state index contributed by atoms with van der Waals surface area (Å²) in [6.07, 6.45) is 4.87. The van der Waals surface area contributed by atoms with Crippen LogP contribution >= 0.6 is 0 Å². The van der Waals surface area contributed by atoms with E-state index in [9.17, 15) is 4.39 Å². The molecule has 1 N–H and O–H groups in total. The third-order valence-electron chi connectivity index (χ3n) is 2.63. The zero-order valence-corrected chi connectivity index (χ0v) is 9.88. The first-order valence-corrected chi connectivity index (χ1v) is 5.88. The summed E-state index contributed by atoms with van der Waals surface area (Å²) >= 11 is 0. The summed E-state index contributed by atoms with van der Waals surface area (Å²) < 4.78 is 13.6. The third kappa shape index (κ3) is 3.78. The number of hydrogen-bond donors (Lipinski definition) is 1. The molecule has 0 amide bonds. The van der Waals surface area contributed by atoms with Gasteiger partial charge in [0.15, 0.2) is 0 Å². The molecule has 0 aromatic heterocycles. The maximum Gasteiger partial charge on any atom is 0.127 e. The highest BCUT2D eigenvalue weighted by molar-refractivity contribution is 5.21. The predicted molar refractivity (Wildman–Crippen MR) is 66.9 cm³/mol. The fourth-order valence-corrected chi connectivity index (χ4v) is 1.84. The van der Waals surface area contributed by atoms with E-state index in [0.717, 1.165) is 31.4 Å². The number of halogens is 1. The average molecular weight is 221 g/mol. The van der Waals surface area contributed by atoms with Gasteiger partial charge in [0.2, 0.25) is 0 Å². The highest BCUT2D eigenvalue weighted by Gasteiger charge is 2.13. The molecule has 1 aromatic carbocycles. The molecule has 0 radical (unpaired) electrons. The van der Waals surface area contributed by atoms with Crippen molar-refractivity contribution in [1.82, 2.24) is 5.32 Å². The topological polar surface area (TPSA) is 12.0 Å². The summed E-state index contributed by atoms with van der Waals surface area (Å²) in [4.78, 5) is 0. The van der Waals surface area contributed by atoms with Gasteiger partial charge in [-0.15, -0.1) is 6.58 Å². The van der Waals surface area contributed by atoms with E-state index in [1.807, 2.05) is 25.1 Å². The van der Waals surface area contributed by atoms with Gasteiger partial charge in [0.25, 0.3) is 0 Å². The van der Waals surface area contributed by atoms with Gasteiger partial charge in [-0.25, -0.2) is 4.39 Å². The SMILES string of the molecule is C=CCCCC(NCC)c1ccccc1F. The Morgan fingerprint density at radius 3 is 2.81 bits per heavy atom. The molecule has 1 atom stereocenters. The largest absolute Gasteiger partial charge is 0.310 e. The van der Waals surface area contributed by atoms with Crippen molar-refractivity contribution in [1.29, 1.82) is 0 Å². The zero-order chi connectivity index (χ0) is 11.8. The summed E-state index contributed by atoms with van der Waals surface area (Å²) in [7, 11) is 0. The van der Waals surface area contributed by atoms with E-state index >= 15 is 0 Å². The van der Waals surface area contributed by atoms with E-state index in [1.165, 1.54) is 6.07 Å². The second-order valence-corrected chi connectivity index (χ2v) is 3.85. The zero-order valence-electron chi connectivity index (χ0n) is 9.88. The van der Waals surface area contributed by atoms with Crippen molar-refractivity contribution >= 4 is 0 Å². The van der Waals surface area contributed by atoms with Gasteiger partial charge in [0.05, 0.1) is 0 Å². The normalized spacial score (nSPS) is 12.4. The number of hydrogen-bond acceptors (Lipinski definition) is 1. The van der Waals surface area contributed by atoms with Crippen LogP contribution in [0.4, 0.5) is 4.39 Å². The highest BCUT2D eigenvalue weighted by atomic mass is 19.1. The Morgan fingerprint density at radius 2 is 2.19 bits per heavy atom. The highest BCUT2D eigenvalue weighted by Crippen LogP contribution is 2.21. The van der Waals surface area contributed by atoms with Gasteiger partial charge in [-0.2, -0.15) is 0 Å². The van der Waals surface area contributed by atoms with Crippen molar-refractivity contribution in [3.05, 3.63) is 48.3 Å². The Morgan fingerprint density at radius 1 is 1.44 bits per heavy atom. The average Bonchev–Trinajstić information content (AvgIpc) is 2.29. The van der Waals surface area contributed by atoms with Gasteiger partial charge in [-0.1, -0.05) is 31.2 Å². The number of benzene rings is 1. The minimum absolute atomic E-state index is 0.117. The Bertz CT molecular complexity index is 322. The molecule has 0 saturated carbocycles. The van der Waals surface area contributed by atoms with Crippen LogP contribution in [0.3, 0.4) is 0 Å². The van der Waals surface area contributed by atoms with Crippen molar-refractivity contribution in [2.24, 2.45) is 0 Å². The van der Waals surface area contributed by atoms with Gasteiger partial charge in [0, 0.05) is 11.6 Å². The first kappa shape index (κ1) is 12.9. The Balaban J connectivity index is 2.68. The van der Waals surface area contributed by atoms with Crippen molar-refractivity contribution in [2.75, 3.05) is 6.54 Å². The van der Waals surface area contributed by atoms with Gasteiger partial charge >= 0.3 is 0 Å². The second kappa shape index (κ2) is 7.18. The first-order chi connectivity index (χ1) is 7.79. The van der Waals surface area contributed by atoms with Crippen LogP contribution in [-0.4, -0.2) is 6.54 Å². The number of allylic oxidation sites excluding steroid dienone is 1. The van der Waals surface area contributed by atoms with E-state index in [0.29, 0.717) is 0 Å². The molecule has 88 valence electrons. The molecule has 0 aliphatic rings. The molecule has 0 aliphatic carbocycles. The maximum atomic E-state index is 13.6. The monoisotopic (exact) mass is 221 g/mol. The Hall–Kier alpha value is -1.15. The molecule has 0 aliphatic heterocycles. The first-order valence-electron chi connectivity index (χ1n) is 5.88. The van der Waals surface area contributed by atoms with Crippen molar-refractivity contribution < 1.29 is 4.39 Å². The molecule has 0 saturated heterocycles. The number of nitrogens with one attached hydrogen (secondary N) is 1. The molecule has 1 rings (SSSR count). The summed E-state index contributed by atoms with van der Waals surface area (Å²) in [6.45, 7) is 6.60. The Labute approximate surface area is 97.4 Å². The lowest BCUT2D eigenvalue weighted by atomic mass is 10.0. The lowest BCUT2D eigenvalue weighted by Crippen LogP contribution is -2.21. The molecule has 1 nitrogen and oxygen atoms in total. The van der Waals surface area contributed by atoms with Crippen LogP contribution in [0.2, 0.25) is 0 Å². The fourth-order valence-electron chi connectivity index (χ4n) is 1.84. The minimum Gasteiger partial charge on any atom is -0.310 e. The van der Waals surface area contributed by atoms with Gasteiger partial charge in [-0.05, 0) is 31.9 Å². The van der Waals surface area contributed by atoms with Crippen LogP contribution in [0, 0.1) is 5.82 Å². The number of rotatable bonds is 7. The van der Waals surface area contributed by atoms with E-state index < -0.39 is 0 Å². The third-order valence-corrected chi connectivity index (χ3v) is 2.63. The Kier molecular flexibility index (Phi) is 5.79. The molecule has 0 bridgehead atoms. The fraction of sp³-hybridized carbons (Fsp3) is 0.429. The van der Waals surface area contributed by atoms with Gasteiger partial charge in [-0.3, -0.25) is 0 Å². The van der Waals surface area contributed by atoms with E-state index in [1.54, 1.807) is 6.07 Å². The standard InChI is InChI=1S/C14H20FN/c1-3-5-6-11-14(16-4-2)12-9-7-8-10-13(12)15/h3,7-10,14,16H,1,4-6,11H2,2H3. The predicted octanol–water partition coefficient (Wildman–Crippen LogP) is 3.83. The molecule has 16 heavy (non-hydrogen) atoms. The molecule has 1 aromatic rings. The van der Waals surface area contributed by atoms with Crippen LogP contribution in [0.5, 0.6) is 0 Å². The summed E-state index contributed by atoms with van der Waals surface area (Å²) in [5.74, 6) is -0.118. The number of unbranched alkanes of at least 4 members (excludes halogenated alkanes) is 1. The molecular weight excluding hydrogens is 201 g/mol. The smallest absolute Gasteiger partial charge is 0.127 e.